The number of furan rings is 1. The normalized spacial score (nSPS) is 20.2. The maximum Gasteiger partial charge on any atom is 0.128 e. The third-order valence-electron chi connectivity index (χ3n) is 9.06. The number of hydrogen-bond acceptors (Lipinski definition) is 3. The van der Waals surface area contributed by atoms with Crippen LogP contribution in [0.3, 0.4) is 0 Å². The molecule has 0 N–H and O–H groups in total. The number of rotatable bonds is 3. The second kappa shape index (κ2) is 13.8. The maximum atomic E-state index is 9.35. The first kappa shape index (κ1) is 21.1. The predicted octanol–water partition coefficient (Wildman–Crippen LogP) is 12.1. The van der Waals surface area contributed by atoms with E-state index in [1.165, 1.54) is 30.5 Å². The Morgan fingerprint density at radius 2 is 1.54 bits per heavy atom. The number of nitrogens with zero attached hydrogens (tertiary/aromatic N) is 2. The molecule has 1 fully saturated rings. The van der Waals surface area contributed by atoms with Gasteiger partial charge in [-0.3, -0.25) is 0 Å². The summed E-state index contributed by atoms with van der Waals surface area (Å²) in [7, 11) is 0. The molecule has 0 atom stereocenters. The smallest absolute Gasteiger partial charge is 0.128 e. The van der Waals surface area contributed by atoms with Crippen LogP contribution < -0.4 is 0 Å². The Bertz CT molecular complexity index is 2700. The molecule has 245 valence electrons. The quantitative estimate of drug-likeness (QED) is 0.167. The first-order chi connectivity index (χ1) is 27.9. The van der Waals surface area contributed by atoms with E-state index in [4.69, 9.17) is 20.9 Å². The summed E-state index contributed by atoms with van der Waals surface area (Å²) in [6.45, 7) is -5.37. The third-order valence-corrected chi connectivity index (χ3v) is 9.06. The van der Waals surface area contributed by atoms with E-state index in [-0.39, 0.29) is 53.5 Å². The molecule has 1 aliphatic rings. The summed E-state index contributed by atoms with van der Waals surface area (Å²) in [5.74, 6) is -0.963. The Balaban J connectivity index is 0.000000218. The Hall–Kier alpha value is -4.11. The second-order valence-corrected chi connectivity index (χ2v) is 12.8. The zero-order chi connectivity index (χ0) is 43.6. The number of pyridine rings is 2. The van der Waals surface area contributed by atoms with Crippen molar-refractivity contribution in [2.75, 3.05) is 0 Å². The molecule has 3 nitrogen and oxygen atoms in total. The van der Waals surface area contributed by atoms with Crippen LogP contribution in [-0.2, 0) is 20.1 Å². The largest absolute Gasteiger partial charge is 0.500 e. The van der Waals surface area contributed by atoms with E-state index < -0.39 is 33.3 Å². The summed E-state index contributed by atoms with van der Waals surface area (Å²) in [6.07, 6.45) is 5.47. The molecule has 3 heterocycles. The fourth-order valence-corrected chi connectivity index (χ4v) is 6.23. The molecule has 48 heavy (non-hydrogen) atoms. The average molecular weight is 820 g/mol. The number of benzene rings is 4. The van der Waals surface area contributed by atoms with E-state index in [1.54, 1.807) is 0 Å². The fraction of sp³-hybridized carbons (Fsp3) is 0.273. The van der Waals surface area contributed by atoms with Gasteiger partial charge in [0.25, 0.3) is 0 Å². The van der Waals surface area contributed by atoms with Crippen LogP contribution in [0.2, 0.25) is 0 Å². The van der Waals surface area contributed by atoms with Gasteiger partial charge in [-0.2, -0.15) is 0 Å². The molecular weight excluding hydrogens is 765 g/mol. The van der Waals surface area contributed by atoms with Gasteiger partial charge in [0.05, 0.1) is 5.58 Å². The SMILES string of the molecule is [2H]C([2H])([2H])c1c[c-]c(-c2cc(C([2H])([2H])[2H])c(C([2H])([2H])[2H])cn2)cc1.[2H]C([2H])([2H])c1cnc(-c2[c-]ccc3c2oc2c4ccccc4ccc32)cc1C1([2H])CCC(C)(C)CC1.[Ir]. The number of aromatic nitrogens is 2. The molecule has 0 spiro atoms. The van der Waals surface area contributed by atoms with Crippen molar-refractivity contribution in [1.29, 1.82) is 0 Å². The van der Waals surface area contributed by atoms with Crippen molar-refractivity contribution < 1.29 is 42.3 Å². The summed E-state index contributed by atoms with van der Waals surface area (Å²) in [5.41, 5.74) is 3.71. The topological polar surface area (TPSA) is 38.9 Å². The minimum atomic E-state index is -2.61. The van der Waals surface area contributed by atoms with Gasteiger partial charge in [0.2, 0.25) is 0 Å². The zero-order valence-electron chi connectivity index (χ0n) is 39.6. The molecule has 0 bridgehead atoms. The van der Waals surface area contributed by atoms with E-state index >= 15 is 0 Å². The van der Waals surface area contributed by atoms with E-state index in [0.29, 0.717) is 40.8 Å². The molecular formula is C44H42IrN2O-2. The molecule has 4 heteroatoms. The van der Waals surface area contributed by atoms with Gasteiger partial charge in [-0.15, -0.1) is 53.6 Å². The minimum absolute atomic E-state index is 0. The molecule has 1 aliphatic carbocycles. The number of fused-ring (bicyclic) bond motifs is 5. The molecule has 3 aromatic heterocycles. The minimum Gasteiger partial charge on any atom is -0.500 e. The Morgan fingerprint density at radius 1 is 0.771 bits per heavy atom. The van der Waals surface area contributed by atoms with E-state index in [1.807, 2.05) is 30.3 Å². The van der Waals surface area contributed by atoms with Gasteiger partial charge in [-0.05, 0) is 91.0 Å². The van der Waals surface area contributed by atoms with Gasteiger partial charge < -0.3 is 14.4 Å². The molecule has 1 saturated carbocycles. The summed E-state index contributed by atoms with van der Waals surface area (Å²) >= 11 is 0. The first-order valence-corrected chi connectivity index (χ1v) is 15.7. The van der Waals surface area contributed by atoms with Crippen molar-refractivity contribution in [1.82, 2.24) is 9.97 Å². The van der Waals surface area contributed by atoms with Crippen molar-refractivity contribution in [3.05, 3.63) is 131 Å². The van der Waals surface area contributed by atoms with Crippen molar-refractivity contribution in [3.8, 4) is 22.5 Å². The van der Waals surface area contributed by atoms with E-state index in [9.17, 15) is 1.37 Å². The van der Waals surface area contributed by atoms with Crippen molar-refractivity contribution in [3.63, 3.8) is 0 Å². The van der Waals surface area contributed by atoms with Crippen LogP contribution in [0, 0.1) is 45.0 Å². The summed E-state index contributed by atoms with van der Waals surface area (Å²) in [4.78, 5) is 8.58. The van der Waals surface area contributed by atoms with Crippen molar-refractivity contribution >= 4 is 32.7 Å². The summed E-state index contributed by atoms with van der Waals surface area (Å²) in [6, 6.07) is 29.3. The van der Waals surface area contributed by atoms with Gasteiger partial charge in [-0.25, -0.2) is 0 Å². The van der Waals surface area contributed by atoms with Gasteiger partial charge in [0.15, 0.2) is 0 Å². The standard InChI is InChI=1S/C30H28NO.C14H14N.Ir/c1-19-18-31-27(17-26(19)21-13-15-30(2,3)16-14-21)25-10-6-9-23-24-12-11-20-7-4-5-8-22(20)28(24)32-29(23)25;1-10-4-6-13(7-5-10)14-8-11(2)12(3)9-15-14;/h4-9,11-12,17-18,21H,13-16H2,1-3H3;4-6,8-9H,1-3H3;/q2*-1;/i1D3,21D;1D3,2D3,3D3;. The van der Waals surface area contributed by atoms with Gasteiger partial charge in [-0.1, -0.05) is 85.7 Å². The average Bonchev–Trinajstić information content (AvgIpc) is 3.57. The van der Waals surface area contributed by atoms with Crippen LogP contribution in [0.15, 0.2) is 95.7 Å². The van der Waals surface area contributed by atoms with Gasteiger partial charge in [0, 0.05) is 61.1 Å². The van der Waals surface area contributed by atoms with Crippen LogP contribution in [0.1, 0.15) is 91.1 Å². The molecule has 0 amide bonds. The first-order valence-electron chi connectivity index (χ1n) is 22.2. The zero-order valence-corrected chi connectivity index (χ0v) is 29.0. The van der Waals surface area contributed by atoms with Gasteiger partial charge >= 0.3 is 0 Å². The molecule has 1 radical (unpaired) electrons. The number of aryl methyl sites for hydroxylation is 4. The van der Waals surface area contributed by atoms with Crippen LogP contribution in [0.4, 0.5) is 0 Å². The molecule has 8 rings (SSSR count). The molecule has 4 aromatic carbocycles. The number of hydrogen-bond donors (Lipinski definition) is 0. The van der Waals surface area contributed by atoms with E-state index in [2.05, 4.69) is 60.2 Å². The molecule has 0 unspecified atom stereocenters. The monoisotopic (exact) mass is 820 g/mol. The fourth-order valence-electron chi connectivity index (χ4n) is 6.23. The van der Waals surface area contributed by atoms with Crippen LogP contribution >= 0.6 is 0 Å². The Labute approximate surface area is 316 Å². The summed E-state index contributed by atoms with van der Waals surface area (Å²) in [5, 5.41) is 4.13. The van der Waals surface area contributed by atoms with Crippen LogP contribution in [0.25, 0.3) is 55.2 Å². The Morgan fingerprint density at radius 3 is 2.31 bits per heavy atom. The predicted molar refractivity (Wildman–Crippen MR) is 196 cm³/mol. The van der Waals surface area contributed by atoms with Crippen LogP contribution in [-0.4, -0.2) is 9.97 Å². The van der Waals surface area contributed by atoms with Gasteiger partial charge in [0.1, 0.15) is 5.58 Å². The third kappa shape index (κ3) is 6.75. The van der Waals surface area contributed by atoms with Crippen molar-refractivity contribution in [2.24, 2.45) is 5.41 Å². The molecule has 0 saturated heterocycles. The van der Waals surface area contributed by atoms with E-state index in [0.717, 1.165) is 46.2 Å². The molecule has 0 aliphatic heterocycles. The Kier molecular flexibility index (Phi) is 6.05. The molecule has 7 aromatic rings. The van der Waals surface area contributed by atoms with Crippen molar-refractivity contribution in [2.45, 2.75) is 72.8 Å². The maximum absolute atomic E-state index is 9.35. The summed E-state index contributed by atoms with van der Waals surface area (Å²) < 4.78 is 107. The van der Waals surface area contributed by atoms with Crippen LogP contribution in [0.5, 0.6) is 0 Å². The second-order valence-electron chi connectivity index (χ2n) is 12.8.